The molecule has 2 amide bonds. The van der Waals surface area contributed by atoms with Gasteiger partial charge in [-0.1, -0.05) is 48.0 Å². The Kier molecular flexibility index (Phi) is 10.5. The number of carbonyl (C=O) groups is 2. The highest BCUT2D eigenvalue weighted by Gasteiger charge is 2.22. The van der Waals surface area contributed by atoms with Crippen molar-refractivity contribution in [3.05, 3.63) is 76.6 Å². The van der Waals surface area contributed by atoms with Crippen molar-refractivity contribution in [1.29, 1.82) is 0 Å². The number of hydrogen-bond acceptors (Lipinski definition) is 9. The Labute approximate surface area is 285 Å². The van der Waals surface area contributed by atoms with Crippen LogP contribution in [0.5, 0.6) is 11.6 Å². The van der Waals surface area contributed by atoms with E-state index in [-0.39, 0.29) is 23.9 Å². The van der Waals surface area contributed by atoms with Crippen molar-refractivity contribution >= 4 is 23.4 Å². The van der Waals surface area contributed by atoms with E-state index in [1.165, 1.54) is 0 Å². The number of rotatable bonds is 13. The topological polar surface area (TPSA) is 139 Å². The second-order valence-corrected chi connectivity index (χ2v) is 12.5. The van der Waals surface area contributed by atoms with E-state index in [4.69, 9.17) is 26.1 Å². The SMILES string of the molecule is COc1cc(-c2ncnc(-c3cccc(-c4ccc(CNCC5CCC(=O)N5)c(OC)n4)c3Cl)c2C)ccc1CNCC1CCC(=O)N1. The highest BCUT2D eigenvalue weighted by molar-refractivity contribution is 6.36. The first-order valence-electron chi connectivity index (χ1n) is 16.2. The van der Waals surface area contributed by atoms with Crippen LogP contribution in [0.15, 0.2) is 54.9 Å². The van der Waals surface area contributed by atoms with E-state index < -0.39 is 0 Å². The lowest BCUT2D eigenvalue weighted by Crippen LogP contribution is -2.35. The molecule has 2 atom stereocenters. The predicted molar refractivity (Wildman–Crippen MR) is 185 cm³/mol. The van der Waals surface area contributed by atoms with E-state index in [0.717, 1.165) is 63.4 Å². The second-order valence-electron chi connectivity index (χ2n) is 12.1. The maximum Gasteiger partial charge on any atom is 0.220 e. The number of methoxy groups -OCH3 is 2. The number of hydrogen-bond donors (Lipinski definition) is 4. The molecule has 2 aliphatic heterocycles. The third-order valence-corrected chi connectivity index (χ3v) is 9.30. The third-order valence-electron chi connectivity index (χ3n) is 8.89. The molecule has 250 valence electrons. The van der Waals surface area contributed by atoms with Crippen LogP contribution in [0.1, 0.15) is 42.4 Å². The number of pyridine rings is 1. The summed E-state index contributed by atoms with van der Waals surface area (Å²) >= 11 is 7.09. The summed E-state index contributed by atoms with van der Waals surface area (Å²) in [5.41, 5.74) is 7.42. The van der Waals surface area contributed by atoms with E-state index in [1.807, 2.05) is 55.5 Å². The molecule has 2 aromatic heterocycles. The zero-order valence-corrected chi connectivity index (χ0v) is 28.1. The maximum atomic E-state index is 11.5. The van der Waals surface area contributed by atoms with Crippen molar-refractivity contribution in [3.8, 4) is 45.4 Å². The molecule has 12 heteroatoms. The molecule has 2 saturated heterocycles. The highest BCUT2D eigenvalue weighted by atomic mass is 35.5. The maximum absolute atomic E-state index is 11.5. The Hall–Kier alpha value is -4.58. The summed E-state index contributed by atoms with van der Waals surface area (Å²) in [6.07, 6.45) is 4.40. The molecule has 4 heterocycles. The zero-order valence-electron chi connectivity index (χ0n) is 27.4. The van der Waals surface area contributed by atoms with Crippen LogP contribution in [-0.2, 0) is 22.7 Å². The molecule has 2 unspecified atom stereocenters. The third kappa shape index (κ3) is 7.43. The van der Waals surface area contributed by atoms with Gasteiger partial charge in [0.05, 0.1) is 36.3 Å². The highest BCUT2D eigenvalue weighted by Crippen LogP contribution is 2.39. The summed E-state index contributed by atoms with van der Waals surface area (Å²) in [7, 11) is 3.26. The van der Waals surface area contributed by atoms with Crippen LogP contribution >= 0.6 is 11.6 Å². The summed E-state index contributed by atoms with van der Waals surface area (Å²) in [6, 6.07) is 16.1. The molecule has 0 bridgehead atoms. The van der Waals surface area contributed by atoms with Crippen LogP contribution < -0.4 is 30.7 Å². The van der Waals surface area contributed by atoms with Crippen LogP contribution in [0.4, 0.5) is 0 Å². The smallest absolute Gasteiger partial charge is 0.220 e. The number of halogens is 1. The first kappa shape index (κ1) is 33.3. The van der Waals surface area contributed by atoms with Gasteiger partial charge in [-0.3, -0.25) is 9.59 Å². The van der Waals surface area contributed by atoms with Gasteiger partial charge < -0.3 is 30.7 Å². The minimum atomic E-state index is 0.102. The number of nitrogens with one attached hydrogen (secondary N) is 4. The van der Waals surface area contributed by atoms with Crippen molar-refractivity contribution in [2.45, 2.75) is 57.8 Å². The van der Waals surface area contributed by atoms with Gasteiger partial charge in [0.25, 0.3) is 0 Å². The molecule has 2 aliphatic rings. The van der Waals surface area contributed by atoms with Crippen molar-refractivity contribution in [2.75, 3.05) is 27.3 Å². The van der Waals surface area contributed by atoms with E-state index in [1.54, 1.807) is 20.5 Å². The number of benzene rings is 2. The molecule has 0 aliphatic carbocycles. The molecule has 2 aromatic carbocycles. The number of nitrogens with zero attached hydrogens (tertiary/aromatic N) is 3. The van der Waals surface area contributed by atoms with Gasteiger partial charge in [0.2, 0.25) is 17.7 Å². The van der Waals surface area contributed by atoms with Gasteiger partial charge in [0.1, 0.15) is 12.1 Å². The van der Waals surface area contributed by atoms with Gasteiger partial charge in [-0.05, 0) is 31.9 Å². The molecule has 0 saturated carbocycles. The average molecular weight is 670 g/mol. The van der Waals surface area contributed by atoms with Crippen molar-refractivity contribution in [1.82, 2.24) is 36.2 Å². The monoisotopic (exact) mass is 669 g/mol. The predicted octanol–water partition coefficient (Wildman–Crippen LogP) is 4.59. The van der Waals surface area contributed by atoms with E-state index in [2.05, 4.69) is 31.2 Å². The molecule has 2 fully saturated rings. The Bertz CT molecular complexity index is 1690. The molecular formula is C36H40ClN7O4. The minimum Gasteiger partial charge on any atom is -0.496 e. The Morgan fingerprint density at radius 1 is 0.833 bits per heavy atom. The summed E-state index contributed by atoms with van der Waals surface area (Å²) in [5.74, 6) is 1.47. The van der Waals surface area contributed by atoms with Crippen molar-refractivity contribution in [3.63, 3.8) is 0 Å². The fourth-order valence-corrected chi connectivity index (χ4v) is 6.63. The van der Waals surface area contributed by atoms with E-state index in [9.17, 15) is 9.59 Å². The molecule has 48 heavy (non-hydrogen) atoms. The Balaban J connectivity index is 1.20. The lowest BCUT2D eigenvalue weighted by atomic mass is 9.98. The number of ether oxygens (including phenoxy) is 2. The van der Waals surface area contributed by atoms with Crippen LogP contribution in [-0.4, -0.2) is 66.2 Å². The zero-order chi connectivity index (χ0) is 33.6. The Morgan fingerprint density at radius 2 is 1.48 bits per heavy atom. The molecule has 4 N–H and O–H groups in total. The van der Waals surface area contributed by atoms with Crippen molar-refractivity contribution < 1.29 is 19.1 Å². The van der Waals surface area contributed by atoms with Crippen molar-refractivity contribution in [2.24, 2.45) is 0 Å². The lowest BCUT2D eigenvalue weighted by molar-refractivity contribution is -0.120. The minimum absolute atomic E-state index is 0.102. The first-order chi connectivity index (χ1) is 23.3. The van der Waals surface area contributed by atoms with E-state index >= 15 is 0 Å². The first-order valence-corrected chi connectivity index (χ1v) is 16.5. The fourth-order valence-electron chi connectivity index (χ4n) is 6.32. The van der Waals surface area contributed by atoms with Gasteiger partial charge in [-0.15, -0.1) is 0 Å². The molecule has 11 nitrogen and oxygen atoms in total. The Morgan fingerprint density at radius 3 is 2.12 bits per heavy atom. The lowest BCUT2D eigenvalue weighted by Gasteiger charge is -2.16. The summed E-state index contributed by atoms with van der Waals surface area (Å²) in [5, 5.41) is 13.3. The standard InChI is InChI=1S/C36H40ClN7O4/c1-21-34(22-7-8-23(30(15-22)47-2)16-38-18-25-10-13-31(45)42-25)40-20-41-35(21)28-6-4-5-27(33(28)37)29-12-9-24(36(44-29)48-3)17-39-19-26-11-14-32(46)43-26/h4-9,12,15,20,25-26,38-39H,10-11,13-14,16-19H2,1-3H3,(H,42,45)(H,43,46). The van der Waals surface area contributed by atoms with Gasteiger partial charge in [0, 0.05) is 84.5 Å². The molecular weight excluding hydrogens is 630 g/mol. The van der Waals surface area contributed by atoms with Crippen LogP contribution in [0.3, 0.4) is 0 Å². The molecule has 6 rings (SSSR count). The molecule has 4 aromatic rings. The summed E-state index contributed by atoms with van der Waals surface area (Å²) in [6.45, 7) is 4.55. The number of aromatic nitrogens is 3. The van der Waals surface area contributed by atoms with E-state index in [0.29, 0.717) is 55.6 Å². The van der Waals surface area contributed by atoms with Gasteiger partial charge in [-0.25, -0.2) is 15.0 Å². The summed E-state index contributed by atoms with van der Waals surface area (Å²) < 4.78 is 11.4. The van der Waals surface area contributed by atoms with Gasteiger partial charge >= 0.3 is 0 Å². The number of carbonyl (C=O) groups excluding carboxylic acids is 2. The van der Waals surface area contributed by atoms with Crippen LogP contribution in [0, 0.1) is 6.92 Å². The number of amides is 2. The summed E-state index contributed by atoms with van der Waals surface area (Å²) in [4.78, 5) is 37.1. The van der Waals surface area contributed by atoms with Crippen LogP contribution in [0.25, 0.3) is 33.8 Å². The van der Waals surface area contributed by atoms with Gasteiger partial charge in [0.15, 0.2) is 0 Å². The second kappa shape index (κ2) is 15.1. The quantitative estimate of drug-likeness (QED) is 0.161. The largest absolute Gasteiger partial charge is 0.496 e. The fraction of sp³-hybridized carbons (Fsp3) is 0.361. The molecule has 0 spiro atoms. The van der Waals surface area contributed by atoms with Crippen LogP contribution in [0.2, 0.25) is 5.02 Å². The average Bonchev–Trinajstić information content (AvgIpc) is 3.72. The normalized spacial score (nSPS) is 17.3. The van der Waals surface area contributed by atoms with Gasteiger partial charge in [-0.2, -0.15) is 0 Å². The molecule has 0 radical (unpaired) electrons.